The van der Waals surface area contributed by atoms with Gasteiger partial charge in [0.25, 0.3) is 5.91 Å². The molecule has 86 valence electrons. The molecule has 0 fully saturated rings. The summed E-state index contributed by atoms with van der Waals surface area (Å²) in [6.45, 7) is 5.51. The number of hydrogen-bond donors (Lipinski definition) is 2. The Kier molecular flexibility index (Phi) is 3.22. The van der Waals surface area contributed by atoms with Gasteiger partial charge >= 0.3 is 5.97 Å². The lowest BCUT2D eigenvalue weighted by Gasteiger charge is -2.19. The van der Waals surface area contributed by atoms with E-state index in [1.54, 1.807) is 0 Å². The summed E-state index contributed by atoms with van der Waals surface area (Å²) in [7, 11) is 0. The highest BCUT2D eigenvalue weighted by Gasteiger charge is 2.17. The summed E-state index contributed by atoms with van der Waals surface area (Å²) in [6, 6.07) is 0. The minimum atomic E-state index is -1.17. The number of hydrogen-bond acceptors (Lipinski definition) is 4. The first-order chi connectivity index (χ1) is 7.29. The van der Waals surface area contributed by atoms with Crippen molar-refractivity contribution in [3.05, 3.63) is 23.8 Å². The fraction of sp³-hybridized carbons (Fsp3) is 0.400. The zero-order chi connectivity index (χ0) is 12.3. The van der Waals surface area contributed by atoms with E-state index < -0.39 is 5.97 Å². The van der Waals surface area contributed by atoms with Crippen LogP contribution in [0.4, 0.5) is 0 Å². The van der Waals surface area contributed by atoms with E-state index in [2.05, 4.69) is 15.3 Å². The maximum Gasteiger partial charge on any atom is 0.356 e. The van der Waals surface area contributed by atoms with E-state index in [4.69, 9.17) is 5.11 Å². The van der Waals surface area contributed by atoms with Crippen molar-refractivity contribution in [3.63, 3.8) is 0 Å². The van der Waals surface area contributed by atoms with Gasteiger partial charge in [0.2, 0.25) is 0 Å². The van der Waals surface area contributed by atoms with Gasteiger partial charge in [-0.25, -0.2) is 14.8 Å². The van der Waals surface area contributed by atoms with Crippen LogP contribution in [0, 0.1) is 0 Å². The van der Waals surface area contributed by atoms with Crippen molar-refractivity contribution in [2.24, 2.45) is 0 Å². The van der Waals surface area contributed by atoms with E-state index in [-0.39, 0.29) is 22.8 Å². The molecule has 0 aliphatic rings. The number of carboxylic acids is 1. The largest absolute Gasteiger partial charge is 0.476 e. The van der Waals surface area contributed by atoms with Crippen molar-refractivity contribution < 1.29 is 14.7 Å². The van der Waals surface area contributed by atoms with Gasteiger partial charge in [-0.2, -0.15) is 0 Å². The Morgan fingerprint density at radius 1 is 1.19 bits per heavy atom. The smallest absolute Gasteiger partial charge is 0.356 e. The molecule has 0 bridgehead atoms. The van der Waals surface area contributed by atoms with Crippen LogP contribution in [0.5, 0.6) is 0 Å². The van der Waals surface area contributed by atoms with Gasteiger partial charge in [0.15, 0.2) is 5.69 Å². The summed E-state index contributed by atoms with van der Waals surface area (Å²) in [5, 5.41) is 11.3. The molecule has 1 aromatic heterocycles. The zero-order valence-corrected chi connectivity index (χ0v) is 9.31. The molecule has 6 nitrogen and oxygen atoms in total. The van der Waals surface area contributed by atoms with Gasteiger partial charge in [0, 0.05) is 5.54 Å². The van der Waals surface area contributed by atoms with Gasteiger partial charge in [-0.05, 0) is 20.8 Å². The first kappa shape index (κ1) is 12.1. The van der Waals surface area contributed by atoms with Crippen LogP contribution in [0.2, 0.25) is 0 Å². The van der Waals surface area contributed by atoms with Crippen LogP contribution in [-0.2, 0) is 0 Å². The zero-order valence-electron chi connectivity index (χ0n) is 9.31. The molecule has 0 atom stereocenters. The summed E-state index contributed by atoms with van der Waals surface area (Å²) in [6.07, 6.45) is 2.20. The van der Waals surface area contributed by atoms with Gasteiger partial charge in [0.05, 0.1) is 12.4 Å². The topological polar surface area (TPSA) is 92.2 Å². The van der Waals surface area contributed by atoms with Crippen LogP contribution >= 0.6 is 0 Å². The van der Waals surface area contributed by atoms with Crippen LogP contribution in [0.25, 0.3) is 0 Å². The fourth-order valence-electron chi connectivity index (χ4n) is 0.960. The third-order valence-corrected chi connectivity index (χ3v) is 1.59. The Morgan fingerprint density at radius 2 is 1.69 bits per heavy atom. The lowest BCUT2D eigenvalue weighted by molar-refractivity contribution is 0.0688. The summed E-state index contributed by atoms with van der Waals surface area (Å²) in [5.41, 5.74) is -0.461. The van der Waals surface area contributed by atoms with Gasteiger partial charge in [-0.1, -0.05) is 0 Å². The minimum Gasteiger partial charge on any atom is -0.476 e. The highest BCUT2D eigenvalue weighted by atomic mass is 16.4. The number of nitrogens with zero attached hydrogens (tertiary/aromatic N) is 2. The van der Waals surface area contributed by atoms with E-state index in [1.807, 2.05) is 20.8 Å². The molecule has 0 aliphatic heterocycles. The second kappa shape index (κ2) is 4.26. The van der Waals surface area contributed by atoms with Gasteiger partial charge in [0.1, 0.15) is 5.69 Å². The van der Waals surface area contributed by atoms with Gasteiger partial charge in [-0.3, -0.25) is 4.79 Å². The third kappa shape index (κ3) is 3.30. The molecule has 16 heavy (non-hydrogen) atoms. The maximum absolute atomic E-state index is 11.6. The molecule has 0 aromatic carbocycles. The Morgan fingerprint density at radius 3 is 2.06 bits per heavy atom. The number of nitrogens with one attached hydrogen (secondary N) is 1. The van der Waals surface area contributed by atoms with E-state index >= 15 is 0 Å². The van der Waals surface area contributed by atoms with Gasteiger partial charge in [-0.15, -0.1) is 0 Å². The monoisotopic (exact) mass is 223 g/mol. The number of carbonyl (C=O) groups excluding carboxylic acids is 1. The van der Waals surface area contributed by atoms with Gasteiger partial charge < -0.3 is 10.4 Å². The van der Waals surface area contributed by atoms with Crippen LogP contribution in [0.3, 0.4) is 0 Å². The standard InChI is InChI=1S/C10H13N3O3/c1-10(2,3)13-8(14)6-4-12-7(5-11-6)9(15)16/h4-5H,1-3H3,(H,13,14)(H,15,16). The molecule has 0 spiro atoms. The Labute approximate surface area is 92.7 Å². The van der Waals surface area contributed by atoms with Crippen LogP contribution < -0.4 is 5.32 Å². The normalized spacial score (nSPS) is 10.9. The number of amides is 1. The maximum atomic E-state index is 11.6. The quantitative estimate of drug-likeness (QED) is 0.770. The molecular weight excluding hydrogens is 210 g/mol. The van der Waals surface area contributed by atoms with Crippen molar-refractivity contribution in [3.8, 4) is 0 Å². The molecule has 0 radical (unpaired) electrons. The Bertz CT molecular complexity index is 406. The first-order valence-electron chi connectivity index (χ1n) is 4.67. The predicted molar refractivity (Wildman–Crippen MR) is 56.2 cm³/mol. The van der Waals surface area contributed by atoms with Crippen molar-refractivity contribution in [1.29, 1.82) is 0 Å². The Hall–Kier alpha value is -1.98. The minimum absolute atomic E-state index is 0.0972. The number of carboxylic acid groups (broad SMARTS) is 1. The fourth-order valence-corrected chi connectivity index (χ4v) is 0.960. The molecule has 1 amide bonds. The lowest BCUT2D eigenvalue weighted by atomic mass is 10.1. The average Bonchev–Trinajstić information content (AvgIpc) is 2.15. The van der Waals surface area contributed by atoms with Crippen LogP contribution in [0.15, 0.2) is 12.4 Å². The van der Waals surface area contributed by atoms with Crippen LogP contribution in [-0.4, -0.2) is 32.5 Å². The van der Waals surface area contributed by atoms with E-state index in [0.29, 0.717) is 0 Å². The molecule has 1 aromatic rings. The number of aromatic nitrogens is 2. The summed E-state index contributed by atoms with van der Waals surface area (Å²) < 4.78 is 0. The van der Waals surface area contributed by atoms with Crippen molar-refractivity contribution >= 4 is 11.9 Å². The molecule has 0 saturated carbocycles. The number of rotatable bonds is 2. The second-order valence-corrected chi connectivity index (χ2v) is 4.30. The number of carbonyl (C=O) groups is 2. The third-order valence-electron chi connectivity index (χ3n) is 1.59. The molecule has 1 heterocycles. The predicted octanol–water partition coefficient (Wildman–Crippen LogP) is 0.703. The molecule has 6 heteroatoms. The van der Waals surface area contributed by atoms with Crippen molar-refractivity contribution in [2.75, 3.05) is 0 Å². The lowest BCUT2D eigenvalue weighted by Crippen LogP contribution is -2.41. The molecule has 2 N–H and O–H groups in total. The second-order valence-electron chi connectivity index (χ2n) is 4.30. The highest BCUT2D eigenvalue weighted by molar-refractivity contribution is 5.93. The van der Waals surface area contributed by atoms with E-state index in [0.717, 1.165) is 12.4 Å². The van der Waals surface area contributed by atoms with Crippen molar-refractivity contribution in [1.82, 2.24) is 15.3 Å². The Balaban J connectivity index is 2.82. The number of aromatic carboxylic acids is 1. The van der Waals surface area contributed by atoms with E-state index in [1.165, 1.54) is 0 Å². The molecular formula is C10H13N3O3. The van der Waals surface area contributed by atoms with Crippen LogP contribution in [0.1, 0.15) is 41.7 Å². The average molecular weight is 223 g/mol. The van der Waals surface area contributed by atoms with E-state index in [9.17, 15) is 9.59 Å². The molecule has 0 aliphatic carbocycles. The highest BCUT2D eigenvalue weighted by Crippen LogP contribution is 2.02. The SMILES string of the molecule is CC(C)(C)NC(=O)c1cnc(C(=O)O)cn1. The molecule has 0 saturated heterocycles. The summed E-state index contributed by atoms with van der Waals surface area (Å²) in [5.74, 6) is -1.55. The molecule has 1 rings (SSSR count). The van der Waals surface area contributed by atoms with Crippen molar-refractivity contribution in [2.45, 2.75) is 26.3 Å². The molecule has 0 unspecified atom stereocenters. The summed E-state index contributed by atoms with van der Waals surface area (Å²) in [4.78, 5) is 29.4. The summed E-state index contributed by atoms with van der Waals surface area (Å²) >= 11 is 0. The first-order valence-corrected chi connectivity index (χ1v) is 4.67.